The lowest BCUT2D eigenvalue weighted by molar-refractivity contribution is -0.140. The van der Waals surface area contributed by atoms with Crippen LogP contribution >= 0.6 is 12.4 Å². The molecule has 1 N–H and O–H groups in total. The second-order valence-corrected chi connectivity index (χ2v) is 6.20. The summed E-state index contributed by atoms with van der Waals surface area (Å²) in [6.45, 7) is 1.29. The highest BCUT2D eigenvalue weighted by atomic mass is 35.5. The number of H-pyrrole nitrogens is 1. The van der Waals surface area contributed by atoms with E-state index >= 15 is 0 Å². The van der Waals surface area contributed by atoms with Crippen molar-refractivity contribution in [2.75, 3.05) is 13.6 Å². The Labute approximate surface area is 160 Å². The van der Waals surface area contributed by atoms with Crippen molar-refractivity contribution in [2.24, 2.45) is 0 Å². The summed E-state index contributed by atoms with van der Waals surface area (Å²) in [5, 5.41) is 1.15. The maximum atomic E-state index is 13.6. The molecule has 0 aliphatic heterocycles. The lowest BCUT2D eigenvalue weighted by Crippen LogP contribution is -2.17. The van der Waals surface area contributed by atoms with Gasteiger partial charge in [0, 0.05) is 24.8 Å². The third kappa shape index (κ3) is 5.11. The van der Waals surface area contributed by atoms with Crippen LogP contribution in [0.2, 0.25) is 0 Å². The Morgan fingerprint density at radius 2 is 1.89 bits per heavy atom. The standard InChI is InChI=1S/C20H18F4N2.ClH/c1-26(13-16-6-2-5-15-9-10-25-19(15)16)11-3-4-14-7-8-17(18(21)12-14)20(22,23)24;/h2-10,12,25H,11,13H2,1H3;1H/b4-3+;. The van der Waals surface area contributed by atoms with Crippen LogP contribution in [0.3, 0.4) is 0 Å². The summed E-state index contributed by atoms with van der Waals surface area (Å²) in [6, 6.07) is 11.0. The third-order valence-electron chi connectivity index (χ3n) is 4.14. The predicted molar refractivity (Wildman–Crippen MR) is 102 cm³/mol. The number of likely N-dealkylation sites (N-methyl/N-ethyl adjacent to an activating group) is 1. The normalized spacial score (nSPS) is 12.1. The van der Waals surface area contributed by atoms with E-state index in [1.165, 1.54) is 6.07 Å². The zero-order valence-electron chi connectivity index (χ0n) is 14.6. The van der Waals surface area contributed by atoms with Crippen LogP contribution in [0.4, 0.5) is 17.6 Å². The zero-order valence-corrected chi connectivity index (χ0v) is 15.4. The minimum absolute atomic E-state index is 0. The summed E-state index contributed by atoms with van der Waals surface area (Å²) < 4.78 is 51.3. The van der Waals surface area contributed by atoms with Crippen LogP contribution in [-0.4, -0.2) is 23.5 Å². The number of hydrogen-bond donors (Lipinski definition) is 1. The molecule has 144 valence electrons. The van der Waals surface area contributed by atoms with E-state index < -0.39 is 17.6 Å². The summed E-state index contributed by atoms with van der Waals surface area (Å²) in [6.07, 6.45) is 0.643. The first-order chi connectivity index (χ1) is 12.3. The Hall–Kier alpha value is -2.31. The fraction of sp³-hybridized carbons (Fsp3) is 0.200. The first-order valence-corrected chi connectivity index (χ1v) is 8.11. The SMILES string of the molecule is CN(C/C=C/c1ccc(C(F)(F)F)c(F)c1)Cc1cccc2cc[nH]c12.Cl. The summed E-state index contributed by atoms with van der Waals surface area (Å²) in [7, 11) is 1.94. The maximum Gasteiger partial charge on any atom is 0.419 e. The summed E-state index contributed by atoms with van der Waals surface area (Å²) in [5.41, 5.74) is 1.40. The molecule has 7 heteroatoms. The van der Waals surface area contributed by atoms with Crippen LogP contribution in [0.1, 0.15) is 16.7 Å². The van der Waals surface area contributed by atoms with Gasteiger partial charge in [-0.05, 0) is 41.8 Å². The van der Waals surface area contributed by atoms with Crippen molar-refractivity contribution in [1.29, 1.82) is 0 Å². The molecule has 0 aliphatic carbocycles. The van der Waals surface area contributed by atoms with Crippen molar-refractivity contribution in [3.05, 3.63) is 77.2 Å². The van der Waals surface area contributed by atoms with Gasteiger partial charge in [0.15, 0.2) is 0 Å². The van der Waals surface area contributed by atoms with Gasteiger partial charge >= 0.3 is 6.18 Å². The highest BCUT2D eigenvalue weighted by Crippen LogP contribution is 2.31. The topological polar surface area (TPSA) is 19.0 Å². The van der Waals surface area contributed by atoms with Gasteiger partial charge in [0.25, 0.3) is 0 Å². The minimum Gasteiger partial charge on any atom is -0.361 e. The first kappa shape index (κ1) is 21.0. The monoisotopic (exact) mass is 398 g/mol. The van der Waals surface area contributed by atoms with Gasteiger partial charge < -0.3 is 4.98 Å². The fourth-order valence-corrected chi connectivity index (χ4v) is 2.87. The van der Waals surface area contributed by atoms with Gasteiger partial charge in [-0.1, -0.05) is 36.4 Å². The van der Waals surface area contributed by atoms with Crippen molar-refractivity contribution in [1.82, 2.24) is 9.88 Å². The molecule has 3 rings (SSSR count). The number of nitrogens with zero attached hydrogens (tertiary/aromatic N) is 1. The van der Waals surface area contributed by atoms with Crippen LogP contribution in [0.25, 0.3) is 17.0 Å². The molecule has 0 radical (unpaired) electrons. The van der Waals surface area contributed by atoms with Crippen LogP contribution in [0, 0.1) is 5.82 Å². The fourth-order valence-electron chi connectivity index (χ4n) is 2.87. The smallest absolute Gasteiger partial charge is 0.361 e. The van der Waals surface area contributed by atoms with Gasteiger partial charge in [-0.2, -0.15) is 13.2 Å². The van der Waals surface area contributed by atoms with Crippen LogP contribution in [0.15, 0.2) is 54.7 Å². The molecule has 2 nitrogen and oxygen atoms in total. The second-order valence-electron chi connectivity index (χ2n) is 6.20. The molecular formula is C20H19ClF4N2. The van der Waals surface area contributed by atoms with Gasteiger partial charge in [0.05, 0.1) is 5.56 Å². The van der Waals surface area contributed by atoms with E-state index in [2.05, 4.69) is 9.88 Å². The van der Waals surface area contributed by atoms with E-state index in [0.717, 1.165) is 28.6 Å². The molecule has 0 atom stereocenters. The third-order valence-corrected chi connectivity index (χ3v) is 4.14. The lowest BCUT2D eigenvalue weighted by atomic mass is 10.1. The number of benzene rings is 2. The molecule has 0 bridgehead atoms. The molecule has 0 saturated heterocycles. The van der Waals surface area contributed by atoms with Gasteiger partial charge in [0.2, 0.25) is 0 Å². The Balaban J connectivity index is 0.00000261. The second kappa shape index (κ2) is 8.59. The number of nitrogens with one attached hydrogen (secondary N) is 1. The van der Waals surface area contributed by atoms with Gasteiger partial charge in [0.1, 0.15) is 5.82 Å². The molecule has 0 saturated carbocycles. The number of para-hydroxylation sites is 1. The number of alkyl halides is 3. The highest BCUT2D eigenvalue weighted by molar-refractivity contribution is 5.85. The summed E-state index contributed by atoms with van der Waals surface area (Å²) in [5.74, 6) is -1.26. The molecule has 0 spiro atoms. The summed E-state index contributed by atoms with van der Waals surface area (Å²) in [4.78, 5) is 5.28. The molecule has 0 unspecified atom stereocenters. The van der Waals surface area contributed by atoms with E-state index in [-0.39, 0.29) is 12.4 Å². The van der Waals surface area contributed by atoms with Crippen molar-refractivity contribution in [3.63, 3.8) is 0 Å². The van der Waals surface area contributed by atoms with Gasteiger partial charge in [-0.15, -0.1) is 12.4 Å². The molecule has 2 aromatic carbocycles. The van der Waals surface area contributed by atoms with Gasteiger partial charge in [-0.3, -0.25) is 4.90 Å². The number of halogens is 5. The largest absolute Gasteiger partial charge is 0.419 e. The average Bonchev–Trinajstić information content (AvgIpc) is 3.03. The predicted octanol–water partition coefficient (Wildman–Crippen LogP) is 5.89. The number of fused-ring (bicyclic) bond motifs is 1. The Bertz CT molecular complexity index is 931. The van der Waals surface area contributed by atoms with Crippen molar-refractivity contribution >= 4 is 29.4 Å². The van der Waals surface area contributed by atoms with Crippen LogP contribution in [0.5, 0.6) is 0 Å². The zero-order chi connectivity index (χ0) is 18.7. The average molecular weight is 399 g/mol. The van der Waals surface area contributed by atoms with E-state index in [1.54, 1.807) is 12.2 Å². The van der Waals surface area contributed by atoms with E-state index in [0.29, 0.717) is 18.7 Å². The molecule has 27 heavy (non-hydrogen) atoms. The molecule has 1 aromatic heterocycles. The Morgan fingerprint density at radius 3 is 2.59 bits per heavy atom. The van der Waals surface area contributed by atoms with Crippen LogP contribution < -0.4 is 0 Å². The molecule has 0 fully saturated rings. The highest BCUT2D eigenvalue weighted by Gasteiger charge is 2.33. The van der Waals surface area contributed by atoms with Crippen molar-refractivity contribution < 1.29 is 17.6 Å². The molecule has 0 aliphatic rings. The maximum absolute atomic E-state index is 13.6. The first-order valence-electron chi connectivity index (χ1n) is 8.11. The number of rotatable bonds is 5. The Kier molecular flexibility index (Phi) is 6.68. The number of aromatic nitrogens is 1. The van der Waals surface area contributed by atoms with Gasteiger partial charge in [-0.25, -0.2) is 4.39 Å². The van der Waals surface area contributed by atoms with E-state index in [9.17, 15) is 17.6 Å². The Morgan fingerprint density at radius 1 is 1.11 bits per heavy atom. The molecular weight excluding hydrogens is 380 g/mol. The van der Waals surface area contributed by atoms with E-state index in [1.807, 2.05) is 37.5 Å². The molecule has 0 amide bonds. The van der Waals surface area contributed by atoms with E-state index in [4.69, 9.17) is 0 Å². The minimum atomic E-state index is -4.68. The molecule has 3 aromatic rings. The van der Waals surface area contributed by atoms with Crippen LogP contribution in [-0.2, 0) is 12.7 Å². The lowest BCUT2D eigenvalue weighted by Gasteiger charge is -2.15. The van der Waals surface area contributed by atoms with Crippen molar-refractivity contribution in [3.8, 4) is 0 Å². The summed E-state index contributed by atoms with van der Waals surface area (Å²) >= 11 is 0. The quantitative estimate of drug-likeness (QED) is 0.531. The van der Waals surface area contributed by atoms with Crippen molar-refractivity contribution in [2.45, 2.75) is 12.7 Å². The number of aromatic amines is 1. The number of hydrogen-bond acceptors (Lipinski definition) is 1. The molecule has 1 heterocycles.